The van der Waals surface area contributed by atoms with E-state index in [4.69, 9.17) is 11.0 Å². The number of aromatic amines is 1. The number of nitriles is 1. The highest BCUT2D eigenvalue weighted by atomic mass is 15.2. The average molecular weight is 231 g/mol. The summed E-state index contributed by atoms with van der Waals surface area (Å²) >= 11 is 0. The second kappa shape index (κ2) is 4.25. The Balaban J connectivity index is 2.47. The van der Waals surface area contributed by atoms with Crippen LogP contribution in [-0.4, -0.2) is 33.3 Å². The van der Waals surface area contributed by atoms with E-state index in [0.717, 1.165) is 5.39 Å². The van der Waals surface area contributed by atoms with Gasteiger partial charge in [0.1, 0.15) is 5.82 Å². The molecule has 0 aliphatic carbocycles. The first-order valence-electron chi connectivity index (χ1n) is 5.20. The summed E-state index contributed by atoms with van der Waals surface area (Å²) in [6.07, 6.45) is 2.07. The number of nitrogens with one attached hydrogen (secondary N) is 1. The quantitative estimate of drug-likeness (QED) is 0.804. The lowest BCUT2D eigenvalue weighted by Crippen LogP contribution is -2.29. The summed E-state index contributed by atoms with van der Waals surface area (Å²) in [5.41, 5.74) is 6.23. The van der Waals surface area contributed by atoms with Gasteiger partial charge >= 0.3 is 0 Å². The standard InChI is InChI=1S/C10H13N7/c1-6(3-4-11)17(2)9-7-5-13-16-8(7)14-10(12)15-9/h5-6H,3H2,1-2H3,(H3,12,13,14,15,16). The molecule has 2 aromatic heterocycles. The molecule has 88 valence electrons. The monoisotopic (exact) mass is 231 g/mol. The van der Waals surface area contributed by atoms with Crippen molar-refractivity contribution in [3.8, 4) is 6.07 Å². The first kappa shape index (κ1) is 11.1. The van der Waals surface area contributed by atoms with Gasteiger partial charge in [0.25, 0.3) is 0 Å². The van der Waals surface area contributed by atoms with Crippen molar-refractivity contribution >= 4 is 22.8 Å². The molecule has 1 atom stereocenters. The number of aromatic nitrogens is 4. The molecule has 7 heteroatoms. The molecule has 0 aromatic carbocycles. The van der Waals surface area contributed by atoms with Crippen LogP contribution in [0.4, 0.5) is 11.8 Å². The zero-order chi connectivity index (χ0) is 12.4. The molecule has 1 unspecified atom stereocenters. The first-order valence-corrected chi connectivity index (χ1v) is 5.20. The van der Waals surface area contributed by atoms with Crippen LogP contribution < -0.4 is 10.6 Å². The van der Waals surface area contributed by atoms with Gasteiger partial charge in [0, 0.05) is 13.1 Å². The summed E-state index contributed by atoms with van der Waals surface area (Å²) in [5, 5.41) is 16.2. The van der Waals surface area contributed by atoms with Crippen molar-refractivity contribution in [2.75, 3.05) is 17.7 Å². The molecule has 0 spiro atoms. The Bertz CT molecular complexity index is 568. The van der Waals surface area contributed by atoms with E-state index in [1.54, 1.807) is 6.20 Å². The van der Waals surface area contributed by atoms with Crippen molar-refractivity contribution in [2.45, 2.75) is 19.4 Å². The molecule has 0 fully saturated rings. The molecule has 0 radical (unpaired) electrons. The molecule has 0 aliphatic rings. The smallest absolute Gasteiger partial charge is 0.224 e. The summed E-state index contributed by atoms with van der Waals surface area (Å²) < 4.78 is 0. The Labute approximate surface area is 98.3 Å². The number of fused-ring (bicyclic) bond motifs is 1. The highest BCUT2D eigenvalue weighted by molar-refractivity contribution is 5.87. The third-order valence-corrected chi connectivity index (χ3v) is 2.69. The van der Waals surface area contributed by atoms with Gasteiger partial charge in [-0.25, -0.2) is 0 Å². The van der Waals surface area contributed by atoms with Crippen molar-refractivity contribution in [1.29, 1.82) is 5.26 Å². The molecule has 2 rings (SSSR count). The number of nitrogen functional groups attached to an aromatic ring is 1. The van der Waals surface area contributed by atoms with E-state index in [1.165, 1.54) is 0 Å². The van der Waals surface area contributed by atoms with Gasteiger partial charge in [-0.15, -0.1) is 0 Å². The maximum absolute atomic E-state index is 8.71. The van der Waals surface area contributed by atoms with Crippen LogP contribution in [0.2, 0.25) is 0 Å². The Hall–Kier alpha value is -2.36. The number of nitrogens with two attached hydrogens (primary N) is 1. The third-order valence-electron chi connectivity index (χ3n) is 2.69. The number of anilines is 2. The maximum atomic E-state index is 8.71. The van der Waals surface area contributed by atoms with Crippen LogP contribution in [0.3, 0.4) is 0 Å². The van der Waals surface area contributed by atoms with Gasteiger partial charge in [0.05, 0.1) is 24.1 Å². The Kier molecular flexibility index (Phi) is 2.78. The van der Waals surface area contributed by atoms with Crippen molar-refractivity contribution in [3.05, 3.63) is 6.20 Å². The molecule has 0 aliphatic heterocycles. The van der Waals surface area contributed by atoms with Crippen LogP contribution in [-0.2, 0) is 0 Å². The van der Waals surface area contributed by atoms with Gasteiger partial charge in [0.2, 0.25) is 5.95 Å². The first-order chi connectivity index (χ1) is 8.13. The summed E-state index contributed by atoms with van der Waals surface area (Å²) in [7, 11) is 1.87. The maximum Gasteiger partial charge on any atom is 0.224 e. The van der Waals surface area contributed by atoms with Crippen LogP contribution in [0.5, 0.6) is 0 Å². The van der Waals surface area contributed by atoms with E-state index in [0.29, 0.717) is 17.9 Å². The highest BCUT2D eigenvalue weighted by Crippen LogP contribution is 2.23. The largest absolute Gasteiger partial charge is 0.368 e. The number of hydrogen-bond donors (Lipinski definition) is 2. The number of rotatable bonds is 3. The fraction of sp³-hybridized carbons (Fsp3) is 0.400. The number of H-pyrrole nitrogens is 1. The SMILES string of the molecule is CC(CC#N)N(C)c1nc(N)nc2[nH]ncc12. The predicted molar refractivity (Wildman–Crippen MR) is 64.2 cm³/mol. The average Bonchev–Trinajstić information content (AvgIpc) is 2.75. The zero-order valence-corrected chi connectivity index (χ0v) is 9.68. The number of hydrogen-bond acceptors (Lipinski definition) is 6. The molecule has 2 heterocycles. The lowest BCUT2D eigenvalue weighted by Gasteiger charge is -2.24. The molecule has 2 aromatic rings. The van der Waals surface area contributed by atoms with Gasteiger partial charge < -0.3 is 10.6 Å². The van der Waals surface area contributed by atoms with E-state index < -0.39 is 0 Å². The van der Waals surface area contributed by atoms with E-state index in [9.17, 15) is 0 Å². The molecule has 0 amide bonds. The van der Waals surface area contributed by atoms with Crippen molar-refractivity contribution in [1.82, 2.24) is 20.2 Å². The molecule has 17 heavy (non-hydrogen) atoms. The van der Waals surface area contributed by atoms with Gasteiger partial charge in [-0.1, -0.05) is 0 Å². The van der Waals surface area contributed by atoms with Crippen molar-refractivity contribution in [3.63, 3.8) is 0 Å². The molecule has 0 saturated heterocycles. The summed E-state index contributed by atoms with van der Waals surface area (Å²) in [6, 6.07) is 2.18. The minimum absolute atomic E-state index is 0.0485. The molecule has 0 bridgehead atoms. The molecule has 3 N–H and O–H groups in total. The van der Waals surface area contributed by atoms with Crippen molar-refractivity contribution in [2.24, 2.45) is 0 Å². The molecule has 7 nitrogen and oxygen atoms in total. The summed E-state index contributed by atoms with van der Waals surface area (Å²) in [5.74, 6) is 0.872. The minimum atomic E-state index is 0.0485. The van der Waals surface area contributed by atoms with Gasteiger partial charge in [-0.05, 0) is 6.92 Å². The Morgan fingerprint density at radius 3 is 3.06 bits per heavy atom. The zero-order valence-electron chi connectivity index (χ0n) is 9.68. The van der Waals surface area contributed by atoms with E-state index >= 15 is 0 Å². The second-order valence-electron chi connectivity index (χ2n) is 3.86. The highest BCUT2D eigenvalue weighted by Gasteiger charge is 2.16. The van der Waals surface area contributed by atoms with Crippen LogP contribution >= 0.6 is 0 Å². The second-order valence-corrected chi connectivity index (χ2v) is 3.86. The molecule has 0 saturated carbocycles. The summed E-state index contributed by atoms with van der Waals surface area (Å²) in [6.45, 7) is 1.95. The van der Waals surface area contributed by atoms with E-state index in [1.807, 2.05) is 18.9 Å². The normalized spacial score (nSPS) is 12.3. The fourth-order valence-corrected chi connectivity index (χ4v) is 1.58. The van der Waals surface area contributed by atoms with Crippen LogP contribution in [0.25, 0.3) is 11.0 Å². The van der Waals surface area contributed by atoms with E-state index in [-0.39, 0.29) is 12.0 Å². The van der Waals surface area contributed by atoms with Crippen LogP contribution in [0, 0.1) is 11.3 Å². The van der Waals surface area contributed by atoms with Gasteiger partial charge in [-0.2, -0.15) is 20.3 Å². The van der Waals surface area contributed by atoms with Gasteiger partial charge in [-0.3, -0.25) is 5.10 Å². The lowest BCUT2D eigenvalue weighted by atomic mass is 10.2. The van der Waals surface area contributed by atoms with E-state index in [2.05, 4.69) is 26.2 Å². The summed E-state index contributed by atoms with van der Waals surface area (Å²) in [4.78, 5) is 10.1. The van der Waals surface area contributed by atoms with Crippen LogP contribution in [0.1, 0.15) is 13.3 Å². The Morgan fingerprint density at radius 2 is 2.35 bits per heavy atom. The number of nitrogens with zero attached hydrogens (tertiary/aromatic N) is 5. The van der Waals surface area contributed by atoms with Crippen LogP contribution in [0.15, 0.2) is 6.20 Å². The Morgan fingerprint density at radius 1 is 1.59 bits per heavy atom. The third kappa shape index (κ3) is 1.97. The molecular weight excluding hydrogens is 218 g/mol. The topological polar surface area (TPSA) is 108 Å². The minimum Gasteiger partial charge on any atom is -0.368 e. The van der Waals surface area contributed by atoms with Gasteiger partial charge in [0.15, 0.2) is 5.65 Å². The molecular formula is C10H13N7. The lowest BCUT2D eigenvalue weighted by molar-refractivity contribution is 0.696. The predicted octanol–water partition coefficient (Wildman–Crippen LogP) is 0.673. The fourth-order valence-electron chi connectivity index (χ4n) is 1.58. The van der Waals surface area contributed by atoms with Crippen molar-refractivity contribution < 1.29 is 0 Å².